The molecule has 0 aromatic carbocycles. The molecular weight excluding hydrogens is 624 g/mol. The fourth-order valence-electron chi connectivity index (χ4n) is 6.21. The van der Waals surface area contributed by atoms with Crippen LogP contribution in [0.5, 0.6) is 0 Å². The molecule has 0 aliphatic carbocycles. The van der Waals surface area contributed by atoms with E-state index in [2.05, 4.69) is 32.9 Å². The molecule has 1 unspecified atom stereocenters. The molecule has 0 aliphatic rings. The Morgan fingerprint density at radius 2 is 0.700 bits per heavy atom. The summed E-state index contributed by atoms with van der Waals surface area (Å²) in [7, 11) is 0. The van der Waals surface area contributed by atoms with E-state index in [9.17, 15) is 14.4 Å². The highest BCUT2D eigenvalue weighted by Gasteiger charge is 2.19. The van der Waals surface area contributed by atoms with Gasteiger partial charge in [0.25, 0.3) is 0 Å². The van der Waals surface area contributed by atoms with E-state index in [0.29, 0.717) is 19.3 Å². The summed E-state index contributed by atoms with van der Waals surface area (Å²) in [6.07, 6.45) is 40.5. The van der Waals surface area contributed by atoms with Gasteiger partial charge in [-0.2, -0.15) is 0 Å². The first kappa shape index (κ1) is 48.1. The van der Waals surface area contributed by atoms with Gasteiger partial charge in [0, 0.05) is 19.3 Å². The molecule has 0 saturated heterocycles. The van der Waals surface area contributed by atoms with Crippen LogP contribution < -0.4 is 0 Å². The summed E-state index contributed by atoms with van der Waals surface area (Å²) in [5.41, 5.74) is 0. The average molecular weight is 707 g/mol. The highest BCUT2D eigenvalue weighted by molar-refractivity contribution is 5.71. The maximum atomic E-state index is 12.6. The van der Waals surface area contributed by atoms with Crippen molar-refractivity contribution in [2.45, 2.75) is 239 Å². The molecule has 0 aliphatic heterocycles. The summed E-state index contributed by atoms with van der Waals surface area (Å²) >= 11 is 0. The Hall–Kier alpha value is -1.85. The van der Waals surface area contributed by atoms with E-state index in [-0.39, 0.29) is 31.1 Å². The second kappa shape index (κ2) is 39.9. The van der Waals surface area contributed by atoms with Crippen LogP contribution >= 0.6 is 0 Å². The van der Waals surface area contributed by atoms with E-state index in [1.807, 2.05) is 0 Å². The zero-order valence-electron chi connectivity index (χ0n) is 33.4. The summed E-state index contributed by atoms with van der Waals surface area (Å²) in [6, 6.07) is 0. The maximum absolute atomic E-state index is 12.6. The Balaban J connectivity index is 4.34. The third-order valence-electron chi connectivity index (χ3n) is 9.50. The molecule has 0 fully saturated rings. The Labute approximate surface area is 310 Å². The number of esters is 3. The first-order valence-electron chi connectivity index (χ1n) is 21.7. The van der Waals surface area contributed by atoms with Gasteiger partial charge in [0.05, 0.1) is 0 Å². The number of unbranched alkanes of at least 4 members (excludes halogenated alkanes) is 26. The number of carbonyl (C=O) groups excluding carboxylic acids is 3. The molecule has 50 heavy (non-hydrogen) atoms. The van der Waals surface area contributed by atoms with Crippen LogP contribution in [0.25, 0.3) is 0 Å². The van der Waals surface area contributed by atoms with E-state index in [0.717, 1.165) is 77.0 Å². The standard InChI is InChI=1S/C44H82O6/c1-4-7-10-13-16-19-22-23-26-28-31-34-37-43(46)49-40-41(50-44(47)38-35-32-29-25-21-18-15-12-9-6-3)39-48-42(45)36-33-30-27-24-20-17-14-11-8-5-2/h12,15,41H,4-11,13-14,16-40H2,1-3H3/b15-12-. The predicted molar refractivity (Wildman–Crippen MR) is 210 cm³/mol. The topological polar surface area (TPSA) is 78.9 Å². The van der Waals surface area contributed by atoms with E-state index in [1.165, 1.54) is 116 Å². The summed E-state index contributed by atoms with van der Waals surface area (Å²) in [6.45, 7) is 6.55. The lowest BCUT2D eigenvalue weighted by Crippen LogP contribution is -2.30. The summed E-state index contributed by atoms with van der Waals surface area (Å²) < 4.78 is 16.6. The van der Waals surface area contributed by atoms with Crippen molar-refractivity contribution < 1.29 is 28.6 Å². The molecule has 0 aromatic rings. The van der Waals surface area contributed by atoms with Crippen LogP contribution in [0.3, 0.4) is 0 Å². The molecule has 0 rings (SSSR count). The van der Waals surface area contributed by atoms with Gasteiger partial charge in [0.1, 0.15) is 13.2 Å². The quantitative estimate of drug-likeness (QED) is 0.0274. The molecule has 6 heteroatoms. The van der Waals surface area contributed by atoms with Crippen molar-refractivity contribution >= 4 is 17.9 Å². The maximum Gasteiger partial charge on any atom is 0.306 e. The molecule has 0 heterocycles. The van der Waals surface area contributed by atoms with E-state index in [1.54, 1.807) is 0 Å². The number of allylic oxidation sites excluding steroid dienone is 2. The van der Waals surface area contributed by atoms with Gasteiger partial charge in [0.15, 0.2) is 6.10 Å². The SMILES string of the molecule is CCC/C=C\CCCCCCCC(=O)OC(COC(=O)CCCCCCCCCCCC)COC(=O)CCCCCCCCCCCCCC. The Morgan fingerprint density at radius 3 is 1.08 bits per heavy atom. The molecular formula is C44H82O6. The average Bonchev–Trinajstić information content (AvgIpc) is 3.11. The fraction of sp³-hybridized carbons (Fsp3) is 0.886. The Morgan fingerprint density at radius 1 is 0.380 bits per heavy atom. The molecule has 0 aromatic heterocycles. The van der Waals surface area contributed by atoms with Crippen molar-refractivity contribution in [2.24, 2.45) is 0 Å². The molecule has 1 atom stereocenters. The first-order chi connectivity index (χ1) is 24.5. The second-order valence-electron chi connectivity index (χ2n) is 14.6. The molecule has 0 bridgehead atoms. The van der Waals surface area contributed by atoms with Gasteiger partial charge in [-0.15, -0.1) is 0 Å². The first-order valence-corrected chi connectivity index (χ1v) is 21.7. The number of ether oxygens (including phenoxy) is 3. The number of hydrogen-bond acceptors (Lipinski definition) is 6. The van der Waals surface area contributed by atoms with Crippen LogP contribution in [0, 0.1) is 0 Å². The van der Waals surface area contributed by atoms with Crippen molar-refractivity contribution in [2.75, 3.05) is 13.2 Å². The minimum Gasteiger partial charge on any atom is -0.462 e. The third kappa shape index (κ3) is 37.4. The minimum atomic E-state index is -0.764. The van der Waals surface area contributed by atoms with Crippen molar-refractivity contribution in [3.8, 4) is 0 Å². The summed E-state index contributed by atoms with van der Waals surface area (Å²) in [5.74, 6) is -0.877. The molecule has 0 spiro atoms. The molecule has 0 N–H and O–H groups in total. The van der Waals surface area contributed by atoms with Crippen LogP contribution in [-0.2, 0) is 28.6 Å². The lowest BCUT2D eigenvalue weighted by molar-refractivity contribution is -0.167. The van der Waals surface area contributed by atoms with Crippen LogP contribution in [0.2, 0.25) is 0 Å². The predicted octanol–water partition coefficient (Wildman–Crippen LogP) is 13.5. The van der Waals surface area contributed by atoms with Gasteiger partial charge < -0.3 is 14.2 Å². The summed E-state index contributed by atoms with van der Waals surface area (Å²) in [5, 5.41) is 0. The second-order valence-corrected chi connectivity index (χ2v) is 14.6. The smallest absolute Gasteiger partial charge is 0.306 e. The third-order valence-corrected chi connectivity index (χ3v) is 9.50. The van der Waals surface area contributed by atoms with Gasteiger partial charge in [-0.25, -0.2) is 0 Å². The van der Waals surface area contributed by atoms with Crippen LogP contribution in [0.4, 0.5) is 0 Å². The Bertz CT molecular complexity index is 778. The van der Waals surface area contributed by atoms with Crippen LogP contribution in [-0.4, -0.2) is 37.2 Å². The van der Waals surface area contributed by atoms with Crippen LogP contribution in [0.1, 0.15) is 233 Å². The number of carbonyl (C=O) groups is 3. The zero-order chi connectivity index (χ0) is 36.6. The molecule has 0 radical (unpaired) electrons. The Kier molecular flexibility index (Phi) is 38.5. The van der Waals surface area contributed by atoms with Gasteiger partial charge in [-0.1, -0.05) is 187 Å². The van der Waals surface area contributed by atoms with Crippen molar-refractivity contribution in [3.05, 3.63) is 12.2 Å². The highest BCUT2D eigenvalue weighted by Crippen LogP contribution is 2.15. The van der Waals surface area contributed by atoms with Gasteiger partial charge in [-0.05, 0) is 38.5 Å². The van der Waals surface area contributed by atoms with E-state index in [4.69, 9.17) is 14.2 Å². The summed E-state index contributed by atoms with van der Waals surface area (Å²) in [4.78, 5) is 37.5. The fourth-order valence-corrected chi connectivity index (χ4v) is 6.21. The van der Waals surface area contributed by atoms with Gasteiger partial charge in [-0.3, -0.25) is 14.4 Å². The van der Waals surface area contributed by atoms with E-state index < -0.39 is 6.10 Å². The molecule has 294 valence electrons. The lowest BCUT2D eigenvalue weighted by Gasteiger charge is -2.18. The largest absolute Gasteiger partial charge is 0.462 e. The van der Waals surface area contributed by atoms with Crippen LogP contribution in [0.15, 0.2) is 12.2 Å². The van der Waals surface area contributed by atoms with Crippen molar-refractivity contribution in [3.63, 3.8) is 0 Å². The normalized spacial score (nSPS) is 12.0. The van der Waals surface area contributed by atoms with Gasteiger partial charge >= 0.3 is 17.9 Å². The number of hydrogen-bond donors (Lipinski definition) is 0. The van der Waals surface area contributed by atoms with Crippen molar-refractivity contribution in [1.29, 1.82) is 0 Å². The van der Waals surface area contributed by atoms with E-state index >= 15 is 0 Å². The number of rotatable bonds is 39. The molecule has 0 saturated carbocycles. The van der Waals surface area contributed by atoms with Crippen molar-refractivity contribution in [1.82, 2.24) is 0 Å². The lowest BCUT2D eigenvalue weighted by atomic mass is 10.0. The molecule has 6 nitrogen and oxygen atoms in total. The minimum absolute atomic E-state index is 0.0695. The molecule has 0 amide bonds. The zero-order valence-corrected chi connectivity index (χ0v) is 33.4. The monoisotopic (exact) mass is 707 g/mol. The van der Waals surface area contributed by atoms with Gasteiger partial charge in [0.2, 0.25) is 0 Å². The highest BCUT2D eigenvalue weighted by atomic mass is 16.6.